The average Bonchev–Trinajstić information content (AvgIpc) is 2.07. The third-order valence-corrected chi connectivity index (χ3v) is 1.77. The van der Waals surface area contributed by atoms with Crippen LogP contribution in [0.2, 0.25) is 5.02 Å². The molecule has 0 aromatic carbocycles. The maximum atomic E-state index is 12.2. The summed E-state index contributed by atoms with van der Waals surface area (Å²) in [5, 5.41) is 8.14. The van der Waals surface area contributed by atoms with Gasteiger partial charge in [-0.1, -0.05) is 11.6 Å². The van der Waals surface area contributed by atoms with Gasteiger partial charge in [0.05, 0.1) is 5.02 Å². The van der Waals surface area contributed by atoms with Crippen LogP contribution in [0, 0.1) is 0 Å². The molecule has 0 unspecified atom stereocenters. The number of carboxylic acids is 1. The number of nitrogen functional groups attached to an aromatic ring is 1. The number of pyridine rings is 1. The van der Waals surface area contributed by atoms with Crippen molar-refractivity contribution in [3.63, 3.8) is 0 Å². The molecule has 1 aromatic rings. The second-order valence-corrected chi connectivity index (χ2v) is 2.80. The molecule has 0 atom stereocenters. The van der Waals surface area contributed by atoms with Crippen molar-refractivity contribution in [1.29, 1.82) is 0 Å². The van der Waals surface area contributed by atoms with E-state index in [9.17, 15) is 13.6 Å². The number of alkyl halides is 2. The summed E-state index contributed by atoms with van der Waals surface area (Å²) in [5.41, 5.74) is 4.04. The fourth-order valence-electron chi connectivity index (χ4n) is 0.842. The van der Waals surface area contributed by atoms with E-state index in [2.05, 4.69) is 4.98 Å². The lowest BCUT2D eigenvalue weighted by Gasteiger charge is -2.05. The third kappa shape index (κ3) is 1.90. The number of carbonyl (C=O) groups is 1. The van der Waals surface area contributed by atoms with E-state index in [1.165, 1.54) is 0 Å². The number of hydrogen-bond donors (Lipinski definition) is 2. The lowest BCUT2D eigenvalue weighted by molar-refractivity contribution is 0.0697. The molecule has 7 heteroatoms. The molecule has 1 heterocycles. The van der Waals surface area contributed by atoms with Crippen LogP contribution in [-0.4, -0.2) is 16.1 Å². The van der Waals surface area contributed by atoms with Crippen LogP contribution in [0.1, 0.15) is 22.5 Å². The largest absolute Gasteiger partial charge is 0.478 e. The van der Waals surface area contributed by atoms with Gasteiger partial charge in [-0.25, -0.2) is 18.6 Å². The minimum Gasteiger partial charge on any atom is -0.478 e. The second kappa shape index (κ2) is 3.75. The van der Waals surface area contributed by atoms with Gasteiger partial charge in [0, 0.05) is 0 Å². The molecular weight excluding hydrogens is 218 g/mol. The van der Waals surface area contributed by atoms with Crippen molar-refractivity contribution in [2.75, 3.05) is 5.73 Å². The number of anilines is 1. The summed E-state index contributed by atoms with van der Waals surface area (Å²) < 4.78 is 24.4. The summed E-state index contributed by atoms with van der Waals surface area (Å²) in [6.45, 7) is 0. The van der Waals surface area contributed by atoms with Gasteiger partial charge in [-0.3, -0.25) is 0 Å². The summed E-state index contributed by atoms with van der Waals surface area (Å²) >= 11 is 5.38. The maximum Gasteiger partial charge on any atom is 0.339 e. The molecule has 14 heavy (non-hydrogen) atoms. The number of carboxylic acid groups (broad SMARTS) is 1. The monoisotopic (exact) mass is 222 g/mol. The van der Waals surface area contributed by atoms with Crippen molar-refractivity contribution in [3.8, 4) is 0 Å². The van der Waals surface area contributed by atoms with Gasteiger partial charge in [-0.05, 0) is 6.07 Å². The number of aromatic nitrogens is 1. The number of aromatic carboxylic acids is 1. The van der Waals surface area contributed by atoms with E-state index < -0.39 is 28.9 Å². The molecule has 0 saturated heterocycles. The van der Waals surface area contributed by atoms with E-state index in [-0.39, 0.29) is 5.56 Å². The van der Waals surface area contributed by atoms with Gasteiger partial charge in [0.2, 0.25) is 0 Å². The molecule has 3 N–H and O–H groups in total. The van der Waals surface area contributed by atoms with Gasteiger partial charge < -0.3 is 10.8 Å². The van der Waals surface area contributed by atoms with E-state index in [4.69, 9.17) is 22.4 Å². The molecule has 0 aliphatic carbocycles. The van der Waals surface area contributed by atoms with Gasteiger partial charge in [-0.2, -0.15) is 0 Å². The smallest absolute Gasteiger partial charge is 0.339 e. The Kier molecular flexibility index (Phi) is 2.85. The van der Waals surface area contributed by atoms with Crippen LogP contribution in [0.25, 0.3) is 0 Å². The molecular formula is C7H5ClF2N2O2. The van der Waals surface area contributed by atoms with E-state index >= 15 is 0 Å². The number of nitrogens with two attached hydrogens (primary N) is 1. The van der Waals surface area contributed by atoms with Crippen molar-refractivity contribution in [1.82, 2.24) is 4.98 Å². The first-order valence-electron chi connectivity index (χ1n) is 3.41. The van der Waals surface area contributed by atoms with Gasteiger partial charge >= 0.3 is 5.97 Å². The van der Waals surface area contributed by atoms with Gasteiger partial charge in [-0.15, -0.1) is 0 Å². The third-order valence-electron chi connectivity index (χ3n) is 1.47. The number of halogens is 3. The Morgan fingerprint density at radius 1 is 1.64 bits per heavy atom. The van der Waals surface area contributed by atoms with Crippen LogP contribution in [-0.2, 0) is 0 Å². The predicted molar refractivity (Wildman–Crippen MR) is 45.6 cm³/mol. The zero-order valence-corrected chi connectivity index (χ0v) is 7.42. The Bertz CT molecular complexity index is 384. The van der Waals surface area contributed by atoms with Crippen LogP contribution in [0.15, 0.2) is 6.07 Å². The lowest BCUT2D eigenvalue weighted by atomic mass is 10.2. The molecule has 0 fully saturated rings. The van der Waals surface area contributed by atoms with Gasteiger partial charge in [0.1, 0.15) is 17.1 Å². The van der Waals surface area contributed by atoms with Crippen LogP contribution in [0.5, 0.6) is 0 Å². The molecule has 1 rings (SSSR count). The standard InChI is InChI=1S/C7H5ClF2N2O2/c8-3-1-2(7(13)14)6(11)12-4(3)5(9)10/h1,5H,(H2,11,12)(H,13,14). The summed E-state index contributed by atoms with van der Waals surface area (Å²) in [4.78, 5) is 13.7. The van der Waals surface area contributed by atoms with Crippen LogP contribution in [0.4, 0.5) is 14.6 Å². The summed E-state index contributed by atoms with van der Waals surface area (Å²) in [7, 11) is 0. The number of nitrogens with zero attached hydrogens (tertiary/aromatic N) is 1. The Balaban J connectivity index is 3.31. The van der Waals surface area contributed by atoms with Gasteiger partial charge in [0.25, 0.3) is 6.43 Å². The zero-order chi connectivity index (χ0) is 10.9. The van der Waals surface area contributed by atoms with E-state index in [1.54, 1.807) is 0 Å². The average molecular weight is 223 g/mol. The quantitative estimate of drug-likeness (QED) is 0.802. The molecule has 76 valence electrons. The van der Waals surface area contributed by atoms with Crippen LogP contribution in [0.3, 0.4) is 0 Å². The topological polar surface area (TPSA) is 76.2 Å². The van der Waals surface area contributed by atoms with E-state index in [0.717, 1.165) is 6.07 Å². The van der Waals surface area contributed by atoms with E-state index in [0.29, 0.717) is 0 Å². The van der Waals surface area contributed by atoms with Crippen LogP contribution < -0.4 is 5.73 Å². The highest BCUT2D eigenvalue weighted by molar-refractivity contribution is 6.31. The summed E-state index contributed by atoms with van der Waals surface area (Å²) in [6, 6.07) is 0.855. The highest BCUT2D eigenvalue weighted by Crippen LogP contribution is 2.27. The van der Waals surface area contributed by atoms with Gasteiger partial charge in [0.15, 0.2) is 0 Å². The summed E-state index contributed by atoms with van der Waals surface area (Å²) in [5.74, 6) is -1.84. The fourth-order valence-corrected chi connectivity index (χ4v) is 1.08. The zero-order valence-electron chi connectivity index (χ0n) is 6.67. The highest BCUT2D eigenvalue weighted by Gasteiger charge is 2.19. The van der Waals surface area contributed by atoms with Crippen molar-refractivity contribution in [2.24, 2.45) is 0 Å². The van der Waals surface area contributed by atoms with Crippen molar-refractivity contribution < 1.29 is 18.7 Å². The first kappa shape index (κ1) is 10.6. The molecule has 0 saturated carbocycles. The van der Waals surface area contributed by atoms with Crippen molar-refractivity contribution >= 4 is 23.4 Å². The van der Waals surface area contributed by atoms with Crippen molar-refractivity contribution in [2.45, 2.75) is 6.43 Å². The Hall–Kier alpha value is -1.43. The normalized spacial score (nSPS) is 10.6. The molecule has 0 amide bonds. The SMILES string of the molecule is Nc1nc(C(F)F)c(Cl)cc1C(=O)O. The lowest BCUT2D eigenvalue weighted by Crippen LogP contribution is -2.07. The number of rotatable bonds is 2. The van der Waals surface area contributed by atoms with E-state index in [1.807, 2.05) is 0 Å². The molecule has 1 aromatic heterocycles. The fraction of sp³-hybridized carbons (Fsp3) is 0.143. The first-order chi connectivity index (χ1) is 6.43. The Morgan fingerprint density at radius 3 is 2.64 bits per heavy atom. The first-order valence-corrected chi connectivity index (χ1v) is 3.78. The predicted octanol–water partition coefficient (Wildman–Crippen LogP) is 1.95. The molecule has 0 aliphatic heterocycles. The van der Waals surface area contributed by atoms with Crippen molar-refractivity contribution in [3.05, 3.63) is 22.3 Å². The second-order valence-electron chi connectivity index (χ2n) is 2.39. The maximum absolute atomic E-state index is 12.2. The summed E-state index contributed by atoms with van der Waals surface area (Å²) in [6.07, 6.45) is -2.88. The van der Waals surface area contributed by atoms with Crippen LogP contribution >= 0.6 is 11.6 Å². The molecule has 0 aliphatic rings. The molecule has 0 bridgehead atoms. The Morgan fingerprint density at radius 2 is 2.21 bits per heavy atom. The minimum atomic E-state index is -2.88. The number of hydrogen-bond acceptors (Lipinski definition) is 3. The molecule has 0 radical (unpaired) electrons. The Labute approximate surface area is 82.3 Å². The highest BCUT2D eigenvalue weighted by atomic mass is 35.5. The molecule has 0 spiro atoms. The molecule has 4 nitrogen and oxygen atoms in total. The minimum absolute atomic E-state index is 0.389.